The van der Waals surface area contributed by atoms with Crippen molar-refractivity contribution in [2.24, 2.45) is 11.5 Å². The van der Waals surface area contributed by atoms with E-state index in [1.807, 2.05) is 12.3 Å². The zero-order valence-electron chi connectivity index (χ0n) is 22.1. The van der Waals surface area contributed by atoms with Gasteiger partial charge in [-0.2, -0.15) is 11.8 Å². The Bertz CT molecular complexity index is 1040. The number of aliphatic carboxylic acids is 1. The van der Waals surface area contributed by atoms with Gasteiger partial charge >= 0.3 is 5.97 Å². The van der Waals surface area contributed by atoms with Crippen LogP contribution < -0.4 is 27.4 Å². The summed E-state index contributed by atoms with van der Waals surface area (Å²) in [4.78, 5) is 58.1. The van der Waals surface area contributed by atoms with E-state index in [1.165, 1.54) is 12.5 Å². The molecule has 0 saturated carbocycles. The molecule has 0 aliphatic rings. The number of hydrogen-bond donors (Lipinski definition) is 7. The van der Waals surface area contributed by atoms with E-state index in [1.54, 1.807) is 36.0 Å². The highest BCUT2D eigenvalue weighted by atomic mass is 32.2. The molecule has 0 aliphatic carbocycles. The Kier molecular flexibility index (Phi) is 14.0. The van der Waals surface area contributed by atoms with Crippen LogP contribution >= 0.6 is 11.8 Å². The maximum atomic E-state index is 13.4. The first-order valence-electron chi connectivity index (χ1n) is 12.8. The van der Waals surface area contributed by atoms with Crippen molar-refractivity contribution in [1.29, 1.82) is 0 Å². The number of carboxylic acids is 1. The molecule has 0 bridgehead atoms. The van der Waals surface area contributed by atoms with Gasteiger partial charge in [-0.15, -0.1) is 0 Å². The van der Waals surface area contributed by atoms with E-state index in [2.05, 4.69) is 25.9 Å². The minimum atomic E-state index is -1.19. The lowest BCUT2D eigenvalue weighted by Crippen LogP contribution is -2.57. The van der Waals surface area contributed by atoms with Gasteiger partial charge in [0.25, 0.3) is 0 Å². The van der Waals surface area contributed by atoms with Gasteiger partial charge in [0.1, 0.15) is 18.1 Å². The lowest BCUT2D eigenvalue weighted by Gasteiger charge is -2.25. The number of aromatic amines is 1. The number of hydrogen-bond acceptors (Lipinski definition) is 8. The molecular weight excluding hydrogens is 522 g/mol. The number of H-pyrrole nitrogens is 1. The number of nitrogens with one attached hydrogen (secondary N) is 4. The van der Waals surface area contributed by atoms with Crippen LogP contribution in [0.3, 0.4) is 0 Å². The molecule has 2 rings (SSSR count). The van der Waals surface area contributed by atoms with Gasteiger partial charge in [0.05, 0.1) is 12.4 Å². The molecule has 0 fully saturated rings. The minimum absolute atomic E-state index is 0.0812. The molecule has 39 heavy (non-hydrogen) atoms. The van der Waals surface area contributed by atoms with Crippen molar-refractivity contribution >= 4 is 35.5 Å². The summed E-state index contributed by atoms with van der Waals surface area (Å²) in [6, 6.07) is 4.87. The van der Waals surface area contributed by atoms with Crippen LogP contribution in [0.1, 0.15) is 36.9 Å². The van der Waals surface area contributed by atoms with E-state index in [4.69, 9.17) is 11.5 Å². The van der Waals surface area contributed by atoms with Gasteiger partial charge in [-0.05, 0) is 49.8 Å². The Balaban J connectivity index is 2.17. The molecule has 1 heterocycles. The van der Waals surface area contributed by atoms with Crippen molar-refractivity contribution in [3.63, 3.8) is 0 Å². The smallest absolute Gasteiger partial charge is 0.326 e. The Morgan fingerprint density at radius 3 is 2.23 bits per heavy atom. The highest BCUT2D eigenvalue weighted by Crippen LogP contribution is 2.08. The SMILES string of the molecule is CSCCC(N)C(=O)NC(Cc1cnc[nH]1)C(=O)NC(CCCCN)C(=O)NC(Cc1ccccc1)C(=O)O. The standard InChI is InChI=1S/C26H39N7O5S/c1-39-12-10-19(28)23(34)32-21(14-18-15-29-16-30-18)25(36)31-20(9-5-6-11-27)24(35)33-22(26(37)38)13-17-7-3-2-4-8-17/h2-4,7-8,15-16,19-22H,5-6,9-14,27-28H2,1H3,(H,29,30)(H,31,36)(H,32,34)(H,33,35)(H,37,38). The number of rotatable bonds is 18. The first-order valence-corrected chi connectivity index (χ1v) is 14.2. The Labute approximate surface area is 232 Å². The molecule has 4 atom stereocenters. The number of amides is 3. The molecule has 12 nitrogen and oxygen atoms in total. The lowest BCUT2D eigenvalue weighted by atomic mass is 10.0. The predicted octanol–water partition coefficient (Wildman–Crippen LogP) is -0.0567. The van der Waals surface area contributed by atoms with Crippen molar-refractivity contribution in [2.45, 2.75) is 62.7 Å². The number of thioether (sulfide) groups is 1. The summed E-state index contributed by atoms with van der Waals surface area (Å²) in [6.45, 7) is 0.403. The molecule has 0 spiro atoms. The average molecular weight is 562 g/mol. The molecule has 1 aromatic heterocycles. The number of carboxylic acid groups (broad SMARTS) is 1. The number of imidazole rings is 1. The summed E-state index contributed by atoms with van der Waals surface area (Å²) in [5.41, 5.74) is 12.9. The van der Waals surface area contributed by atoms with E-state index in [0.717, 1.165) is 5.56 Å². The van der Waals surface area contributed by atoms with Gasteiger partial charge in [0, 0.05) is 24.7 Å². The van der Waals surface area contributed by atoms with Crippen molar-refractivity contribution in [1.82, 2.24) is 25.9 Å². The molecule has 0 saturated heterocycles. The van der Waals surface area contributed by atoms with Crippen molar-refractivity contribution < 1.29 is 24.3 Å². The first kappa shape index (κ1) is 31.8. The summed E-state index contributed by atoms with van der Waals surface area (Å²) in [5.74, 6) is -2.22. The fourth-order valence-electron chi connectivity index (χ4n) is 3.84. The largest absolute Gasteiger partial charge is 0.480 e. The molecule has 0 radical (unpaired) electrons. The van der Waals surface area contributed by atoms with E-state index in [-0.39, 0.29) is 19.3 Å². The summed E-state index contributed by atoms with van der Waals surface area (Å²) < 4.78 is 0. The lowest BCUT2D eigenvalue weighted by molar-refractivity contribution is -0.142. The van der Waals surface area contributed by atoms with Crippen LogP contribution in [0.5, 0.6) is 0 Å². The van der Waals surface area contributed by atoms with Crippen LogP contribution in [-0.4, -0.2) is 81.5 Å². The number of nitrogens with two attached hydrogens (primary N) is 2. The molecule has 9 N–H and O–H groups in total. The fourth-order valence-corrected chi connectivity index (χ4v) is 4.33. The fraction of sp³-hybridized carbons (Fsp3) is 0.500. The first-order chi connectivity index (χ1) is 18.7. The van der Waals surface area contributed by atoms with Crippen molar-refractivity contribution in [2.75, 3.05) is 18.6 Å². The normalized spacial score (nSPS) is 14.0. The molecule has 0 aliphatic heterocycles. The van der Waals surface area contributed by atoms with Crippen molar-refractivity contribution in [3.05, 3.63) is 54.1 Å². The number of aromatic nitrogens is 2. The Hall–Kier alpha value is -3.42. The molecule has 4 unspecified atom stereocenters. The third-order valence-corrected chi connectivity index (χ3v) is 6.70. The average Bonchev–Trinajstić information content (AvgIpc) is 3.44. The number of carbonyl (C=O) groups is 4. The highest BCUT2D eigenvalue weighted by molar-refractivity contribution is 7.98. The summed E-state index contributed by atoms with van der Waals surface area (Å²) >= 11 is 1.56. The van der Waals surface area contributed by atoms with Gasteiger partial charge in [0.15, 0.2) is 0 Å². The molecular formula is C26H39N7O5S. The van der Waals surface area contributed by atoms with E-state index in [0.29, 0.717) is 37.3 Å². The van der Waals surface area contributed by atoms with Gasteiger partial charge in [-0.25, -0.2) is 9.78 Å². The maximum Gasteiger partial charge on any atom is 0.326 e. The van der Waals surface area contributed by atoms with Gasteiger partial charge in [-0.3, -0.25) is 14.4 Å². The Morgan fingerprint density at radius 1 is 0.949 bits per heavy atom. The maximum absolute atomic E-state index is 13.4. The summed E-state index contributed by atoms with van der Waals surface area (Å²) in [6.07, 6.45) is 6.90. The van der Waals surface area contributed by atoms with Gasteiger partial charge < -0.3 is 37.5 Å². The second-order valence-corrected chi connectivity index (χ2v) is 10.2. The highest BCUT2D eigenvalue weighted by Gasteiger charge is 2.30. The minimum Gasteiger partial charge on any atom is -0.480 e. The third-order valence-electron chi connectivity index (χ3n) is 6.06. The van der Waals surface area contributed by atoms with Crippen LogP contribution in [0.25, 0.3) is 0 Å². The third kappa shape index (κ3) is 11.5. The zero-order chi connectivity index (χ0) is 28.6. The van der Waals surface area contributed by atoms with Gasteiger partial charge in [-0.1, -0.05) is 30.3 Å². The van der Waals surface area contributed by atoms with Crippen LogP contribution in [-0.2, 0) is 32.0 Å². The quantitative estimate of drug-likeness (QED) is 0.122. The number of unbranched alkanes of at least 4 members (excludes halogenated alkanes) is 1. The molecule has 1 aromatic carbocycles. The van der Waals surface area contributed by atoms with E-state index in [9.17, 15) is 24.3 Å². The topological polar surface area (TPSA) is 205 Å². The van der Waals surface area contributed by atoms with Crippen LogP contribution in [0.4, 0.5) is 0 Å². The van der Waals surface area contributed by atoms with E-state index < -0.39 is 47.9 Å². The molecule has 2 aromatic rings. The molecule has 3 amide bonds. The molecule has 13 heteroatoms. The summed E-state index contributed by atoms with van der Waals surface area (Å²) in [5, 5.41) is 17.7. The second-order valence-electron chi connectivity index (χ2n) is 9.16. The van der Waals surface area contributed by atoms with E-state index >= 15 is 0 Å². The number of carbonyl (C=O) groups excluding carboxylic acids is 3. The van der Waals surface area contributed by atoms with Crippen molar-refractivity contribution in [3.8, 4) is 0 Å². The molecule has 214 valence electrons. The number of benzene rings is 1. The second kappa shape index (κ2) is 17.2. The van der Waals surface area contributed by atoms with Gasteiger partial charge in [0.2, 0.25) is 17.7 Å². The Morgan fingerprint density at radius 2 is 1.62 bits per heavy atom. The zero-order valence-corrected chi connectivity index (χ0v) is 22.9. The predicted molar refractivity (Wildman–Crippen MR) is 150 cm³/mol. The van der Waals surface area contributed by atoms with Crippen LogP contribution in [0.15, 0.2) is 42.9 Å². The number of nitrogens with zero attached hydrogens (tertiary/aromatic N) is 1. The van der Waals surface area contributed by atoms with Crippen LogP contribution in [0, 0.1) is 0 Å². The summed E-state index contributed by atoms with van der Waals surface area (Å²) in [7, 11) is 0. The van der Waals surface area contributed by atoms with Crippen LogP contribution in [0.2, 0.25) is 0 Å². The monoisotopic (exact) mass is 561 g/mol.